The molecule has 54 heavy (non-hydrogen) atoms. The summed E-state index contributed by atoms with van der Waals surface area (Å²) in [5, 5.41) is 0. The summed E-state index contributed by atoms with van der Waals surface area (Å²) in [6, 6.07) is 6.75. The highest BCUT2D eigenvalue weighted by atomic mass is 16.5. The highest BCUT2D eigenvalue weighted by molar-refractivity contribution is 5.95. The monoisotopic (exact) mass is 757 g/mol. The predicted molar refractivity (Wildman–Crippen MR) is 232 cm³/mol. The molecule has 314 valence electrons. The molecule has 0 unspecified atom stereocenters. The number of unbranched alkanes of at least 4 members (excludes halogenated alkanes) is 26. The summed E-state index contributed by atoms with van der Waals surface area (Å²) in [5.74, 6) is -0.773. The Balaban J connectivity index is 2.13. The van der Waals surface area contributed by atoms with Gasteiger partial charge in [0.1, 0.15) is 13.2 Å². The molecule has 1 aromatic carbocycles. The summed E-state index contributed by atoms with van der Waals surface area (Å²) < 4.78 is 11.2. The average molecular weight is 757 g/mol. The van der Waals surface area contributed by atoms with Crippen molar-refractivity contribution in [2.45, 2.75) is 207 Å². The lowest BCUT2D eigenvalue weighted by Crippen LogP contribution is -2.29. The van der Waals surface area contributed by atoms with Crippen LogP contribution >= 0.6 is 0 Å². The van der Waals surface area contributed by atoms with Gasteiger partial charge in [-0.3, -0.25) is 0 Å². The van der Waals surface area contributed by atoms with Crippen LogP contribution in [0.2, 0.25) is 0 Å². The van der Waals surface area contributed by atoms with Gasteiger partial charge in [0.05, 0.1) is 11.1 Å². The van der Waals surface area contributed by atoms with Crippen molar-refractivity contribution in [2.24, 2.45) is 0 Å². The first-order valence-corrected chi connectivity index (χ1v) is 23.4. The zero-order valence-electron chi connectivity index (χ0n) is 36.3. The van der Waals surface area contributed by atoms with E-state index in [0.29, 0.717) is 24.3 Å². The molecule has 6 heteroatoms. The molecule has 0 saturated carbocycles. The summed E-state index contributed by atoms with van der Waals surface area (Å²) in [5.41, 5.74) is 0.792. The number of nitrogens with zero attached hydrogens (tertiary/aromatic N) is 2. The highest BCUT2D eigenvalue weighted by Gasteiger charge is 2.14. The van der Waals surface area contributed by atoms with Crippen LogP contribution in [0.25, 0.3) is 0 Å². The van der Waals surface area contributed by atoms with Gasteiger partial charge in [-0.05, 0) is 57.2 Å². The van der Waals surface area contributed by atoms with Gasteiger partial charge in [0.2, 0.25) is 0 Å². The predicted octanol–water partition coefficient (Wildman–Crippen LogP) is 13.6. The molecule has 0 fully saturated rings. The van der Waals surface area contributed by atoms with Crippen LogP contribution in [0.5, 0.6) is 0 Å². The minimum absolute atomic E-state index is 0.353. The van der Waals surface area contributed by atoms with Crippen molar-refractivity contribution >= 4 is 11.9 Å². The van der Waals surface area contributed by atoms with E-state index in [9.17, 15) is 9.59 Å². The van der Waals surface area contributed by atoms with Gasteiger partial charge in [-0.25, -0.2) is 9.59 Å². The van der Waals surface area contributed by atoms with Crippen molar-refractivity contribution < 1.29 is 19.1 Å². The number of hydrogen-bond acceptors (Lipinski definition) is 6. The van der Waals surface area contributed by atoms with E-state index in [1.807, 2.05) is 0 Å². The van der Waals surface area contributed by atoms with E-state index in [0.717, 1.165) is 39.3 Å². The third-order valence-electron chi connectivity index (χ3n) is 11.2. The first-order valence-electron chi connectivity index (χ1n) is 23.4. The van der Waals surface area contributed by atoms with Gasteiger partial charge in [-0.15, -0.1) is 0 Å². The van der Waals surface area contributed by atoms with Gasteiger partial charge in [0.15, 0.2) is 0 Å². The molecule has 0 aromatic heterocycles. The van der Waals surface area contributed by atoms with Crippen LogP contribution in [-0.4, -0.2) is 74.2 Å². The van der Waals surface area contributed by atoms with Crippen molar-refractivity contribution in [3.8, 4) is 0 Å². The molecule has 0 bridgehead atoms. The fourth-order valence-electron chi connectivity index (χ4n) is 7.39. The first kappa shape index (κ1) is 50.1. The Labute approximate surface area is 335 Å². The zero-order valence-corrected chi connectivity index (χ0v) is 36.3. The number of esters is 2. The highest BCUT2D eigenvalue weighted by Crippen LogP contribution is 2.15. The molecule has 0 aliphatic heterocycles. The molecule has 0 heterocycles. The van der Waals surface area contributed by atoms with E-state index in [-0.39, 0.29) is 11.9 Å². The van der Waals surface area contributed by atoms with Gasteiger partial charge in [-0.2, -0.15) is 0 Å². The van der Waals surface area contributed by atoms with Crippen LogP contribution in [0.4, 0.5) is 0 Å². The van der Waals surface area contributed by atoms with Crippen LogP contribution in [0.15, 0.2) is 24.3 Å². The standard InChI is InChI=1S/C48H88N2O4/c1-5-9-11-13-15-17-19-21-23-25-27-29-31-33-38-49(7-3)40-42-53-47(51)45-36-35-37-46(44-45)48(52)54-43-41-50(8-4)39-34-32-30-28-26-24-22-20-18-16-14-12-10-6-2/h35-37,44H,5-34,38-43H2,1-4H3. The van der Waals surface area contributed by atoms with Crippen molar-refractivity contribution in [3.63, 3.8) is 0 Å². The number of hydrogen-bond donors (Lipinski definition) is 0. The van der Waals surface area contributed by atoms with Crippen molar-refractivity contribution in [1.82, 2.24) is 9.80 Å². The Bertz CT molecular complexity index is 912. The first-order chi connectivity index (χ1) is 26.5. The topological polar surface area (TPSA) is 59.1 Å². The quantitative estimate of drug-likeness (QED) is 0.0491. The second-order valence-corrected chi connectivity index (χ2v) is 15.9. The van der Waals surface area contributed by atoms with Crippen molar-refractivity contribution in [1.29, 1.82) is 0 Å². The summed E-state index contributed by atoms with van der Waals surface area (Å²) in [6.07, 6.45) is 38.3. The maximum Gasteiger partial charge on any atom is 0.338 e. The lowest BCUT2D eigenvalue weighted by molar-refractivity contribution is 0.0461. The maximum absolute atomic E-state index is 12.8. The summed E-state index contributed by atoms with van der Waals surface area (Å²) in [4.78, 5) is 30.3. The fraction of sp³-hybridized carbons (Fsp3) is 0.833. The van der Waals surface area contributed by atoms with Crippen molar-refractivity contribution in [3.05, 3.63) is 35.4 Å². The molecule has 0 aliphatic rings. The Morgan fingerprint density at radius 3 is 0.963 bits per heavy atom. The number of carbonyl (C=O) groups excluding carboxylic acids is 2. The molecule has 1 aromatic rings. The van der Waals surface area contributed by atoms with Crippen LogP contribution < -0.4 is 0 Å². The number of ether oxygens (including phenoxy) is 2. The lowest BCUT2D eigenvalue weighted by atomic mass is 10.0. The normalized spacial score (nSPS) is 11.5. The third kappa shape index (κ3) is 29.4. The second-order valence-electron chi connectivity index (χ2n) is 15.9. The molecule has 6 nitrogen and oxygen atoms in total. The van der Waals surface area contributed by atoms with E-state index >= 15 is 0 Å². The smallest absolute Gasteiger partial charge is 0.338 e. The number of rotatable bonds is 40. The molecular weight excluding hydrogens is 669 g/mol. The van der Waals surface area contributed by atoms with Crippen LogP contribution in [0.3, 0.4) is 0 Å². The lowest BCUT2D eigenvalue weighted by Gasteiger charge is -2.20. The zero-order chi connectivity index (χ0) is 39.2. The molecule has 0 radical (unpaired) electrons. The number of carbonyl (C=O) groups is 2. The number of likely N-dealkylation sites (N-methyl/N-ethyl adjacent to an activating group) is 2. The molecular formula is C48H88N2O4. The van der Waals surface area contributed by atoms with Gasteiger partial charge in [0, 0.05) is 13.1 Å². The Hall–Kier alpha value is -1.92. The minimum atomic E-state index is -0.387. The van der Waals surface area contributed by atoms with E-state index in [1.165, 1.54) is 180 Å². The minimum Gasteiger partial charge on any atom is -0.461 e. The Morgan fingerprint density at radius 2 is 0.685 bits per heavy atom. The Kier molecular flexibility index (Phi) is 35.2. The molecule has 0 spiro atoms. The fourth-order valence-corrected chi connectivity index (χ4v) is 7.39. The molecule has 0 atom stereocenters. The van der Waals surface area contributed by atoms with Crippen LogP contribution in [-0.2, 0) is 9.47 Å². The van der Waals surface area contributed by atoms with Gasteiger partial charge < -0.3 is 19.3 Å². The Morgan fingerprint density at radius 1 is 0.407 bits per heavy atom. The van der Waals surface area contributed by atoms with E-state index < -0.39 is 0 Å². The largest absolute Gasteiger partial charge is 0.461 e. The van der Waals surface area contributed by atoms with Gasteiger partial charge >= 0.3 is 11.9 Å². The third-order valence-corrected chi connectivity index (χ3v) is 11.2. The van der Waals surface area contributed by atoms with E-state index in [2.05, 4.69) is 37.5 Å². The van der Waals surface area contributed by atoms with E-state index in [4.69, 9.17) is 9.47 Å². The molecule has 1 rings (SSSR count). The summed E-state index contributed by atoms with van der Waals surface area (Å²) >= 11 is 0. The van der Waals surface area contributed by atoms with Crippen LogP contribution in [0, 0.1) is 0 Å². The maximum atomic E-state index is 12.8. The van der Waals surface area contributed by atoms with Crippen molar-refractivity contribution in [2.75, 3.05) is 52.5 Å². The average Bonchev–Trinajstić information content (AvgIpc) is 3.19. The molecule has 0 amide bonds. The number of benzene rings is 1. The molecule has 0 saturated heterocycles. The van der Waals surface area contributed by atoms with Crippen LogP contribution in [0.1, 0.15) is 228 Å². The van der Waals surface area contributed by atoms with Gasteiger partial charge in [-0.1, -0.05) is 201 Å². The second kappa shape index (κ2) is 38.0. The SMILES string of the molecule is CCCCCCCCCCCCCCCCN(CC)CCOC(=O)c1cccc(C(=O)OCCN(CC)CCCCCCCCCCCCCCCC)c1. The molecule has 0 aliphatic carbocycles. The molecule has 0 N–H and O–H groups in total. The summed E-state index contributed by atoms with van der Waals surface area (Å²) in [6.45, 7) is 15.1. The van der Waals surface area contributed by atoms with E-state index in [1.54, 1.807) is 24.3 Å². The van der Waals surface area contributed by atoms with Gasteiger partial charge in [0.25, 0.3) is 0 Å². The summed E-state index contributed by atoms with van der Waals surface area (Å²) in [7, 11) is 0.